The van der Waals surface area contributed by atoms with E-state index in [0.717, 1.165) is 23.6 Å². The molecular formula is C21H30ClNO6S. The van der Waals surface area contributed by atoms with E-state index in [1.165, 1.54) is 31.3 Å². The highest BCUT2D eigenvalue weighted by Crippen LogP contribution is 2.35. The third kappa shape index (κ3) is 6.68. The smallest absolute Gasteiger partial charge is 0.344 e. The highest BCUT2D eigenvalue weighted by molar-refractivity contribution is 7.89. The maximum absolute atomic E-state index is 12.5. The van der Waals surface area contributed by atoms with Crippen molar-refractivity contribution in [1.29, 1.82) is 0 Å². The number of carbonyl (C=O) groups excluding carboxylic acids is 2. The highest BCUT2D eigenvalue weighted by atomic mass is 35.5. The molecule has 0 spiro atoms. The molecule has 0 amide bonds. The zero-order valence-corrected chi connectivity index (χ0v) is 19.4. The summed E-state index contributed by atoms with van der Waals surface area (Å²) >= 11 is 5.77. The average molecular weight is 460 g/mol. The minimum Gasteiger partial charge on any atom is -0.460 e. The van der Waals surface area contributed by atoms with E-state index in [9.17, 15) is 18.0 Å². The molecule has 0 heterocycles. The maximum atomic E-state index is 12.5. The average Bonchev–Trinajstić information content (AvgIpc) is 2.66. The van der Waals surface area contributed by atoms with E-state index in [4.69, 9.17) is 21.1 Å². The molecule has 1 saturated carbocycles. The summed E-state index contributed by atoms with van der Waals surface area (Å²) in [6, 6.07) is 5.61. The van der Waals surface area contributed by atoms with Crippen LogP contribution in [0.5, 0.6) is 0 Å². The molecule has 3 atom stereocenters. The predicted molar refractivity (Wildman–Crippen MR) is 113 cm³/mol. The first-order valence-corrected chi connectivity index (χ1v) is 11.9. The molecule has 1 aliphatic carbocycles. The van der Waals surface area contributed by atoms with Gasteiger partial charge in [0.25, 0.3) is 0 Å². The van der Waals surface area contributed by atoms with Crippen LogP contribution in [0.1, 0.15) is 40.0 Å². The Kier molecular flexibility index (Phi) is 8.70. The van der Waals surface area contributed by atoms with Crippen molar-refractivity contribution in [2.75, 3.05) is 20.2 Å². The third-order valence-corrected chi connectivity index (χ3v) is 7.54. The van der Waals surface area contributed by atoms with Crippen molar-refractivity contribution in [1.82, 2.24) is 4.31 Å². The molecule has 0 radical (unpaired) electrons. The lowest BCUT2D eigenvalue weighted by Gasteiger charge is -2.36. The van der Waals surface area contributed by atoms with Gasteiger partial charge in [-0.05, 0) is 54.9 Å². The first-order chi connectivity index (χ1) is 14.0. The fraction of sp³-hybridized carbons (Fsp3) is 0.619. The predicted octanol–water partition coefficient (Wildman–Crippen LogP) is 3.51. The Hall–Kier alpha value is -1.64. The number of hydrogen-bond acceptors (Lipinski definition) is 6. The van der Waals surface area contributed by atoms with Gasteiger partial charge in [0.15, 0.2) is 6.61 Å². The second-order valence-electron chi connectivity index (χ2n) is 8.23. The number of carbonyl (C=O) groups is 2. The van der Waals surface area contributed by atoms with Crippen molar-refractivity contribution in [3.63, 3.8) is 0 Å². The summed E-state index contributed by atoms with van der Waals surface area (Å²) in [4.78, 5) is 24.2. The summed E-state index contributed by atoms with van der Waals surface area (Å²) in [6.45, 7) is 5.29. The molecule has 0 unspecified atom stereocenters. The fourth-order valence-corrected chi connectivity index (χ4v) is 4.93. The molecule has 1 fully saturated rings. The minimum atomic E-state index is -3.88. The largest absolute Gasteiger partial charge is 0.460 e. The summed E-state index contributed by atoms with van der Waals surface area (Å²) in [5, 5.41) is 0.404. The van der Waals surface area contributed by atoms with Gasteiger partial charge < -0.3 is 9.47 Å². The molecule has 0 N–H and O–H groups in total. The van der Waals surface area contributed by atoms with E-state index >= 15 is 0 Å². The zero-order valence-electron chi connectivity index (χ0n) is 17.8. The number of halogens is 1. The fourth-order valence-electron chi connectivity index (χ4n) is 3.69. The Bertz CT molecular complexity index is 840. The quantitative estimate of drug-likeness (QED) is 0.552. The Labute approximate surface area is 183 Å². The van der Waals surface area contributed by atoms with Crippen LogP contribution in [0.15, 0.2) is 29.2 Å². The number of esters is 2. The minimum absolute atomic E-state index is 0.00718. The highest BCUT2D eigenvalue weighted by Gasteiger charge is 2.33. The number of nitrogens with zero attached hydrogens (tertiary/aromatic N) is 1. The third-order valence-electron chi connectivity index (χ3n) is 5.47. The summed E-state index contributed by atoms with van der Waals surface area (Å²) < 4.78 is 36.4. The van der Waals surface area contributed by atoms with Crippen LogP contribution in [0.4, 0.5) is 0 Å². The Morgan fingerprint density at radius 1 is 1.17 bits per heavy atom. The Morgan fingerprint density at radius 3 is 2.40 bits per heavy atom. The monoisotopic (exact) mass is 459 g/mol. The van der Waals surface area contributed by atoms with Crippen LogP contribution in [0.25, 0.3) is 0 Å². The topological polar surface area (TPSA) is 90.0 Å². The van der Waals surface area contributed by atoms with Gasteiger partial charge in [0, 0.05) is 12.1 Å². The molecule has 0 aliphatic heterocycles. The SMILES string of the molecule is CC(C)[C@H]1CC[C@H](C)C[C@@H]1OC(=O)COC(=O)CN(C)S(=O)(=O)c1ccc(Cl)cc1. The molecule has 9 heteroatoms. The normalized spacial score (nSPS) is 22.2. The number of ether oxygens (including phenoxy) is 2. The van der Waals surface area contributed by atoms with E-state index in [1.807, 2.05) is 0 Å². The van der Waals surface area contributed by atoms with Gasteiger partial charge >= 0.3 is 11.9 Å². The van der Waals surface area contributed by atoms with Crippen molar-refractivity contribution >= 4 is 33.6 Å². The van der Waals surface area contributed by atoms with Crippen molar-refractivity contribution in [3.8, 4) is 0 Å². The first kappa shape index (κ1) is 24.6. The summed E-state index contributed by atoms with van der Waals surface area (Å²) in [7, 11) is -2.61. The van der Waals surface area contributed by atoms with Gasteiger partial charge in [0.2, 0.25) is 10.0 Å². The van der Waals surface area contributed by atoms with E-state index in [1.54, 1.807) is 0 Å². The van der Waals surface area contributed by atoms with Crippen molar-refractivity contribution < 1.29 is 27.5 Å². The van der Waals surface area contributed by atoms with Gasteiger partial charge in [-0.15, -0.1) is 0 Å². The number of hydrogen-bond donors (Lipinski definition) is 0. The van der Waals surface area contributed by atoms with E-state index in [-0.39, 0.29) is 16.9 Å². The van der Waals surface area contributed by atoms with E-state index in [0.29, 0.717) is 16.9 Å². The van der Waals surface area contributed by atoms with Crippen LogP contribution < -0.4 is 0 Å². The van der Waals surface area contributed by atoms with Gasteiger partial charge in [-0.1, -0.05) is 38.8 Å². The van der Waals surface area contributed by atoms with E-state index in [2.05, 4.69) is 20.8 Å². The molecule has 0 saturated heterocycles. The summed E-state index contributed by atoms with van der Waals surface area (Å²) in [5.41, 5.74) is 0. The molecule has 30 heavy (non-hydrogen) atoms. The lowest BCUT2D eigenvalue weighted by Crippen LogP contribution is -2.37. The molecule has 1 aromatic carbocycles. The lowest BCUT2D eigenvalue weighted by molar-refractivity contribution is -0.167. The standard InChI is InChI=1S/C21H30ClNO6S/c1-14(2)18-10-5-15(3)11-19(18)29-21(25)13-28-20(24)12-23(4)30(26,27)17-8-6-16(22)7-9-17/h6-9,14-15,18-19H,5,10-13H2,1-4H3/t15-,18+,19-/m0/s1. The van der Waals surface area contributed by atoms with Gasteiger partial charge in [0.1, 0.15) is 12.6 Å². The molecular weight excluding hydrogens is 430 g/mol. The maximum Gasteiger partial charge on any atom is 0.344 e. The lowest BCUT2D eigenvalue weighted by atomic mass is 9.75. The van der Waals surface area contributed by atoms with Gasteiger partial charge in [0.05, 0.1) is 4.90 Å². The second-order valence-corrected chi connectivity index (χ2v) is 10.7. The van der Waals surface area contributed by atoms with Crippen LogP contribution >= 0.6 is 11.6 Å². The van der Waals surface area contributed by atoms with Crippen molar-refractivity contribution in [2.24, 2.45) is 17.8 Å². The molecule has 0 aromatic heterocycles. The van der Waals surface area contributed by atoms with Crippen molar-refractivity contribution in [3.05, 3.63) is 29.3 Å². The molecule has 7 nitrogen and oxygen atoms in total. The number of sulfonamides is 1. The molecule has 0 bridgehead atoms. The molecule has 1 aliphatic rings. The van der Waals surface area contributed by atoms with Gasteiger partial charge in [-0.3, -0.25) is 4.79 Å². The summed E-state index contributed by atoms with van der Waals surface area (Å²) in [5.74, 6) is -0.283. The Morgan fingerprint density at radius 2 is 1.80 bits per heavy atom. The van der Waals surface area contributed by atoms with Crippen LogP contribution in [0, 0.1) is 17.8 Å². The van der Waals surface area contributed by atoms with Crippen molar-refractivity contribution in [2.45, 2.75) is 51.0 Å². The number of rotatable bonds is 8. The number of benzene rings is 1. The zero-order chi connectivity index (χ0) is 22.5. The Balaban J connectivity index is 1.86. The van der Waals surface area contributed by atoms with E-state index < -0.39 is 35.1 Å². The molecule has 168 valence electrons. The molecule has 2 rings (SSSR count). The summed E-state index contributed by atoms with van der Waals surface area (Å²) in [6.07, 6.45) is 2.72. The second kappa shape index (κ2) is 10.6. The number of likely N-dealkylation sites (N-methyl/N-ethyl adjacent to an activating group) is 1. The van der Waals surface area contributed by atoms with Crippen LogP contribution in [-0.4, -0.2) is 51.0 Å². The van der Waals surface area contributed by atoms with Gasteiger partial charge in [-0.2, -0.15) is 4.31 Å². The molecule has 1 aromatic rings. The van der Waals surface area contributed by atoms with Crippen LogP contribution in [-0.2, 0) is 29.1 Å². The van der Waals surface area contributed by atoms with Crippen LogP contribution in [0.2, 0.25) is 5.02 Å². The van der Waals surface area contributed by atoms with Gasteiger partial charge in [-0.25, -0.2) is 13.2 Å². The van der Waals surface area contributed by atoms with Crippen LogP contribution in [0.3, 0.4) is 0 Å². The first-order valence-electron chi connectivity index (χ1n) is 10.1.